The molecule has 7 nitrogen and oxygen atoms in total. The summed E-state index contributed by atoms with van der Waals surface area (Å²) in [6.45, 7) is 2.71. The minimum absolute atomic E-state index is 0.0627. The van der Waals surface area contributed by atoms with Crippen molar-refractivity contribution < 1.29 is 22.5 Å². The molecule has 0 spiro atoms. The van der Waals surface area contributed by atoms with Crippen LogP contribution in [-0.4, -0.2) is 48.5 Å². The Morgan fingerprint density at radius 2 is 2.00 bits per heavy atom. The van der Waals surface area contributed by atoms with Crippen molar-refractivity contribution in [3.8, 4) is 17.1 Å². The van der Waals surface area contributed by atoms with E-state index in [9.17, 15) is 13.2 Å². The fraction of sp³-hybridized carbons (Fsp3) is 0.304. The Balaban J connectivity index is 1.59. The zero-order chi connectivity index (χ0) is 22.7. The molecule has 1 atom stereocenters. The minimum atomic E-state index is -3.18. The van der Waals surface area contributed by atoms with E-state index in [0.717, 1.165) is 16.9 Å². The first-order chi connectivity index (χ1) is 15.3. The average Bonchev–Trinajstić information content (AvgIpc) is 3.39. The summed E-state index contributed by atoms with van der Waals surface area (Å²) in [7, 11) is -3.18. The van der Waals surface area contributed by atoms with Gasteiger partial charge in [-0.05, 0) is 55.3 Å². The summed E-state index contributed by atoms with van der Waals surface area (Å²) in [5.41, 5.74) is 1.69. The van der Waals surface area contributed by atoms with Gasteiger partial charge in [0.15, 0.2) is 21.3 Å². The van der Waals surface area contributed by atoms with Gasteiger partial charge in [0.1, 0.15) is 5.75 Å². The number of benzene rings is 2. The second-order valence-corrected chi connectivity index (χ2v) is 10.3. The number of aromatic nitrogens is 1. The molecule has 9 heteroatoms. The lowest BCUT2D eigenvalue weighted by atomic mass is 10.1. The maximum absolute atomic E-state index is 13.4. The molecule has 0 N–H and O–H groups in total. The third-order valence-corrected chi connectivity index (χ3v) is 7.32. The quantitative estimate of drug-likeness (QED) is 0.509. The molecule has 168 valence electrons. The van der Waals surface area contributed by atoms with Crippen molar-refractivity contribution in [2.24, 2.45) is 0 Å². The zero-order valence-corrected chi connectivity index (χ0v) is 19.1. The van der Waals surface area contributed by atoms with Gasteiger partial charge in [0.2, 0.25) is 0 Å². The summed E-state index contributed by atoms with van der Waals surface area (Å²) in [5.74, 6) is 0.796. The molecule has 3 aromatic rings. The Morgan fingerprint density at radius 1 is 1.22 bits per heavy atom. The fourth-order valence-corrected chi connectivity index (χ4v) is 5.70. The molecule has 1 amide bonds. The summed E-state index contributed by atoms with van der Waals surface area (Å²) < 4.78 is 35.0. The summed E-state index contributed by atoms with van der Waals surface area (Å²) in [6, 6.07) is 15.6. The SMILES string of the molecule is CCOc1ccc(-c2cc(C(=O)N(Cc3cccc(Cl)c3)[C@@H]3CCS(=O)(=O)C3)no2)cc1. The lowest BCUT2D eigenvalue weighted by Crippen LogP contribution is -2.40. The number of hydrogen-bond donors (Lipinski definition) is 0. The standard InChI is InChI=1S/C23H23ClN2O5S/c1-2-30-20-8-6-17(7-9-20)22-13-21(25-31-22)23(27)26(19-10-11-32(28,29)15-19)14-16-4-3-5-18(24)12-16/h3-9,12-13,19H,2,10-11,14-15H2,1H3/t19-/m1/s1. The number of hydrogen-bond acceptors (Lipinski definition) is 6. The molecule has 4 rings (SSSR count). The highest BCUT2D eigenvalue weighted by molar-refractivity contribution is 7.91. The number of ether oxygens (including phenoxy) is 1. The van der Waals surface area contributed by atoms with E-state index in [1.54, 1.807) is 29.2 Å². The molecule has 1 aliphatic heterocycles. The normalized spacial score (nSPS) is 17.2. The van der Waals surface area contributed by atoms with Gasteiger partial charge in [-0.2, -0.15) is 0 Å². The molecule has 0 radical (unpaired) electrons. The smallest absolute Gasteiger partial charge is 0.276 e. The van der Waals surface area contributed by atoms with Crippen LogP contribution in [0.3, 0.4) is 0 Å². The number of amides is 1. The van der Waals surface area contributed by atoms with Gasteiger partial charge in [-0.15, -0.1) is 0 Å². The van der Waals surface area contributed by atoms with Gasteiger partial charge in [0, 0.05) is 29.2 Å². The van der Waals surface area contributed by atoms with E-state index in [1.807, 2.05) is 37.3 Å². The number of nitrogens with zero attached hydrogens (tertiary/aromatic N) is 2. The number of rotatable bonds is 7. The van der Waals surface area contributed by atoms with Gasteiger partial charge in [-0.1, -0.05) is 28.9 Å². The first-order valence-electron chi connectivity index (χ1n) is 10.3. The van der Waals surface area contributed by atoms with Crippen LogP contribution in [0, 0.1) is 0 Å². The lowest BCUT2D eigenvalue weighted by Gasteiger charge is -2.27. The van der Waals surface area contributed by atoms with E-state index in [4.69, 9.17) is 20.9 Å². The Bertz CT molecular complexity index is 1210. The maximum atomic E-state index is 13.4. The number of carbonyl (C=O) groups excluding carboxylic acids is 1. The minimum Gasteiger partial charge on any atom is -0.494 e. The first-order valence-corrected chi connectivity index (χ1v) is 12.5. The Labute approximate surface area is 191 Å². The van der Waals surface area contributed by atoms with Crippen LogP contribution >= 0.6 is 11.6 Å². The zero-order valence-electron chi connectivity index (χ0n) is 17.5. The Hall–Kier alpha value is -2.84. The topological polar surface area (TPSA) is 89.7 Å². The molecule has 32 heavy (non-hydrogen) atoms. The molecular weight excluding hydrogens is 452 g/mol. The van der Waals surface area contributed by atoms with Crippen LogP contribution in [0.2, 0.25) is 5.02 Å². The second-order valence-electron chi connectivity index (χ2n) is 7.65. The summed E-state index contributed by atoms with van der Waals surface area (Å²) in [5, 5.41) is 4.52. The molecule has 2 heterocycles. The Morgan fingerprint density at radius 3 is 2.66 bits per heavy atom. The first kappa shape index (κ1) is 22.4. The highest BCUT2D eigenvalue weighted by Crippen LogP contribution is 2.26. The molecule has 1 saturated heterocycles. The maximum Gasteiger partial charge on any atom is 0.276 e. The number of carbonyl (C=O) groups is 1. The largest absolute Gasteiger partial charge is 0.494 e. The highest BCUT2D eigenvalue weighted by atomic mass is 35.5. The van der Waals surface area contributed by atoms with Gasteiger partial charge in [-0.3, -0.25) is 4.79 Å². The highest BCUT2D eigenvalue weighted by Gasteiger charge is 2.36. The molecule has 0 bridgehead atoms. The third-order valence-electron chi connectivity index (χ3n) is 5.33. The third kappa shape index (κ3) is 5.14. The van der Waals surface area contributed by atoms with E-state index >= 15 is 0 Å². The molecule has 0 unspecified atom stereocenters. The van der Waals surface area contributed by atoms with Crippen LogP contribution in [-0.2, 0) is 16.4 Å². The van der Waals surface area contributed by atoms with Crippen molar-refractivity contribution in [3.05, 3.63) is 70.9 Å². The van der Waals surface area contributed by atoms with Crippen LogP contribution in [0.4, 0.5) is 0 Å². The van der Waals surface area contributed by atoms with Crippen molar-refractivity contribution in [1.29, 1.82) is 0 Å². The molecule has 1 aliphatic rings. The molecule has 0 aliphatic carbocycles. The van der Waals surface area contributed by atoms with E-state index in [2.05, 4.69) is 5.16 Å². The summed E-state index contributed by atoms with van der Waals surface area (Å²) >= 11 is 6.10. The van der Waals surface area contributed by atoms with Gasteiger partial charge < -0.3 is 14.2 Å². The Kier molecular flexibility index (Phi) is 6.53. The van der Waals surface area contributed by atoms with Crippen molar-refractivity contribution in [2.75, 3.05) is 18.1 Å². The van der Waals surface area contributed by atoms with Crippen LogP contribution in [0.1, 0.15) is 29.4 Å². The van der Waals surface area contributed by atoms with Crippen molar-refractivity contribution in [2.45, 2.75) is 25.9 Å². The van der Waals surface area contributed by atoms with Gasteiger partial charge in [-0.25, -0.2) is 8.42 Å². The van der Waals surface area contributed by atoms with Crippen molar-refractivity contribution >= 4 is 27.3 Å². The van der Waals surface area contributed by atoms with Crippen molar-refractivity contribution in [1.82, 2.24) is 10.1 Å². The predicted molar refractivity (Wildman–Crippen MR) is 121 cm³/mol. The average molecular weight is 475 g/mol. The van der Waals surface area contributed by atoms with Gasteiger partial charge in [0.25, 0.3) is 5.91 Å². The van der Waals surface area contributed by atoms with Crippen LogP contribution in [0.25, 0.3) is 11.3 Å². The fourth-order valence-electron chi connectivity index (χ4n) is 3.76. The van der Waals surface area contributed by atoms with E-state index in [0.29, 0.717) is 23.8 Å². The van der Waals surface area contributed by atoms with E-state index in [1.165, 1.54) is 0 Å². The van der Waals surface area contributed by atoms with Crippen molar-refractivity contribution in [3.63, 3.8) is 0 Å². The number of halogens is 1. The monoisotopic (exact) mass is 474 g/mol. The second kappa shape index (κ2) is 9.34. The number of sulfone groups is 1. The van der Waals surface area contributed by atoms with Gasteiger partial charge in [0.05, 0.1) is 18.1 Å². The molecule has 2 aromatic carbocycles. The molecule has 0 saturated carbocycles. The van der Waals surface area contributed by atoms with E-state index < -0.39 is 15.9 Å². The predicted octanol–water partition coefficient (Wildman–Crippen LogP) is 4.22. The summed E-state index contributed by atoms with van der Waals surface area (Å²) in [6.07, 6.45) is 0.387. The molecule has 1 fully saturated rings. The van der Waals surface area contributed by atoms with Crippen LogP contribution in [0.5, 0.6) is 5.75 Å². The lowest BCUT2D eigenvalue weighted by molar-refractivity contribution is 0.0670. The van der Waals surface area contributed by atoms with Crippen LogP contribution < -0.4 is 4.74 Å². The molecule has 1 aromatic heterocycles. The van der Waals surface area contributed by atoms with Gasteiger partial charge >= 0.3 is 0 Å². The van der Waals surface area contributed by atoms with Crippen LogP contribution in [0.15, 0.2) is 59.1 Å². The van der Waals surface area contributed by atoms with E-state index in [-0.39, 0.29) is 29.7 Å². The molecular formula is C23H23ClN2O5S. The summed E-state index contributed by atoms with van der Waals surface area (Å²) in [4.78, 5) is 14.9.